The SMILES string of the molecule is COc1cc2nc(C)n(-c3ccnn3C3CCCC3)c(=O)c2cc1OC. The van der Waals surface area contributed by atoms with Crippen LogP contribution < -0.4 is 15.0 Å². The van der Waals surface area contributed by atoms with Gasteiger partial charge in [-0.1, -0.05) is 12.8 Å². The zero-order chi connectivity index (χ0) is 18.3. The summed E-state index contributed by atoms with van der Waals surface area (Å²) in [5.41, 5.74) is 0.460. The number of benzene rings is 1. The number of methoxy groups -OCH3 is 2. The summed E-state index contributed by atoms with van der Waals surface area (Å²) in [5, 5.41) is 4.98. The standard InChI is InChI=1S/C19H22N4O3/c1-12-21-15-11-17(26-3)16(25-2)10-14(15)19(24)22(12)18-8-9-20-23(18)13-6-4-5-7-13/h8-11,13H,4-7H2,1-3H3. The fourth-order valence-electron chi connectivity index (χ4n) is 3.81. The molecule has 26 heavy (non-hydrogen) atoms. The Morgan fingerprint density at radius 2 is 1.81 bits per heavy atom. The second-order valence-corrected chi connectivity index (χ2v) is 6.60. The van der Waals surface area contributed by atoms with Crippen LogP contribution in [0.2, 0.25) is 0 Å². The van der Waals surface area contributed by atoms with Crippen molar-refractivity contribution in [2.45, 2.75) is 38.6 Å². The lowest BCUT2D eigenvalue weighted by Crippen LogP contribution is -2.26. The summed E-state index contributed by atoms with van der Waals surface area (Å²) < 4.78 is 14.3. The van der Waals surface area contributed by atoms with Crippen molar-refractivity contribution in [3.63, 3.8) is 0 Å². The average molecular weight is 354 g/mol. The van der Waals surface area contributed by atoms with Gasteiger partial charge in [0.25, 0.3) is 5.56 Å². The van der Waals surface area contributed by atoms with Crippen molar-refractivity contribution in [2.75, 3.05) is 14.2 Å². The number of aryl methyl sites for hydroxylation is 1. The molecule has 1 fully saturated rings. The predicted molar refractivity (Wildman–Crippen MR) is 98.5 cm³/mol. The second-order valence-electron chi connectivity index (χ2n) is 6.60. The van der Waals surface area contributed by atoms with E-state index in [9.17, 15) is 4.79 Å². The number of nitrogens with zero attached hydrogens (tertiary/aromatic N) is 4. The largest absolute Gasteiger partial charge is 0.493 e. The highest BCUT2D eigenvalue weighted by atomic mass is 16.5. The molecule has 136 valence electrons. The van der Waals surface area contributed by atoms with Gasteiger partial charge in [-0.15, -0.1) is 0 Å². The van der Waals surface area contributed by atoms with Crippen LogP contribution in [0.4, 0.5) is 0 Å². The first-order valence-electron chi connectivity index (χ1n) is 8.83. The molecule has 2 heterocycles. The van der Waals surface area contributed by atoms with Gasteiger partial charge in [0.2, 0.25) is 0 Å². The van der Waals surface area contributed by atoms with Crippen LogP contribution in [0.3, 0.4) is 0 Å². The molecule has 0 amide bonds. The van der Waals surface area contributed by atoms with Crippen molar-refractivity contribution in [2.24, 2.45) is 0 Å². The van der Waals surface area contributed by atoms with Crippen molar-refractivity contribution < 1.29 is 9.47 Å². The first-order chi connectivity index (χ1) is 12.6. The zero-order valence-electron chi connectivity index (χ0n) is 15.2. The lowest BCUT2D eigenvalue weighted by atomic mass is 10.2. The molecule has 0 aliphatic heterocycles. The Kier molecular flexibility index (Phi) is 4.14. The maximum atomic E-state index is 13.3. The summed E-state index contributed by atoms with van der Waals surface area (Å²) in [6.45, 7) is 1.84. The average Bonchev–Trinajstić information content (AvgIpc) is 3.32. The van der Waals surface area contributed by atoms with Gasteiger partial charge in [-0.2, -0.15) is 5.10 Å². The Labute approximate surface area is 151 Å². The molecule has 3 aromatic rings. The maximum Gasteiger partial charge on any atom is 0.267 e. The van der Waals surface area contributed by atoms with Crippen molar-refractivity contribution in [3.8, 4) is 17.3 Å². The van der Waals surface area contributed by atoms with E-state index in [0.29, 0.717) is 34.3 Å². The molecule has 1 aliphatic carbocycles. The van der Waals surface area contributed by atoms with Gasteiger partial charge in [0.05, 0.1) is 37.4 Å². The predicted octanol–water partition coefficient (Wildman–Crippen LogP) is 3.02. The molecule has 0 saturated heterocycles. The van der Waals surface area contributed by atoms with Crippen LogP contribution in [0.1, 0.15) is 37.5 Å². The smallest absolute Gasteiger partial charge is 0.267 e. The zero-order valence-corrected chi connectivity index (χ0v) is 15.2. The molecular weight excluding hydrogens is 332 g/mol. The third kappa shape index (κ3) is 2.55. The highest BCUT2D eigenvalue weighted by molar-refractivity contribution is 5.82. The van der Waals surface area contributed by atoms with Gasteiger partial charge < -0.3 is 9.47 Å². The lowest BCUT2D eigenvalue weighted by molar-refractivity contribution is 0.355. The summed E-state index contributed by atoms with van der Waals surface area (Å²) in [4.78, 5) is 17.9. The van der Waals surface area contributed by atoms with Gasteiger partial charge in [0.1, 0.15) is 11.6 Å². The molecule has 7 nitrogen and oxygen atoms in total. The van der Waals surface area contributed by atoms with Gasteiger partial charge in [-0.3, -0.25) is 4.79 Å². The van der Waals surface area contributed by atoms with Crippen molar-refractivity contribution in [1.82, 2.24) is 19.3 Å². The minimum atomic E-state index is -0.131. The summed E-state index contributed by atoms with van der Waals surface area (Å²) in [7, 11) is 3.12. The number of ether oxygens (including phenoxy) is 2. The van der Waals surface area contributed by atoms with Gasteiger partial charge in [0, 0.05) is 12.1 Å². The van der Waals surface area contributed by atoms with Gasteiger partial charge in [0.15, 0.2) is 11.5 Å². The van der Waals surface area contributed by atoms with E-state index in [0.717, 1.165) is 18.7 Å². The van der Waals surface area contributed by atoms with Crippen LogP contribution >= 0.6 is 0 Å². The van der Waals surface area contributed by atoms with E-state index in [2.05, 4.69) is 10.1 Å². The molecule has 0 atom stereocenters. The minimum absolute atomic E-state index is 0.131. The first-order valence-corrected chi connectivity index (χ1v) is 8.83. The molecule has 0 N–H and O–H groups in total. The Balaban J connectivity index is 1.94. The van der Waals surface area contributed by atoms with E-state index in [4.69, 9.17) is 9.47 Å². The second kappa shape index (κ2) is 6.48. The summed E-state index contributed by atoms with van der Waals surface area (Å²) in [5.74, 6) is 2.46. The van der Waals surface area contributed by atoms with E-state index >= 15 is 0 Å². The molecule has 4 rings (SSSR count). The molecule has 1 aliphatic rings. The van der Waals surface area contributed by atoms with Crippen LogP contribution in [0.25, 0.3) is 16.7 Å². The highest BCUT2D eigenvalue weighted by Crippen LogP contribution is 2.32. The third-order valence-electron chi connectivity index (χ3n) is 5.09. The number of fused-ring (bicyclic) bond motifs is 1. The Hall–Kier alpha value is -2.83. The summed E-state index contributed by atoms with van der Waals surface area (Å²) in [6.07, 6.45) is 6.33. The topological polar surface area (TPSA) is 71.2 Å². The van der Waals surface area contributed by atoms with Crippen molar-refractivity contribution >= 4 is 10.9 Å². The molecule has 0 radical (unpaired) electrons. The molecule has 2 aromatic heterocycles. The molecular formula is C19H22N4O3. The Morgan fingerprint density at radius 3 is 2.50 bits per heavy atom. The Bertz CT molecular complexity index is 1020. The van der Waals surface area contributed by atoms with E-state index in [-0.39, 0.29) is 5.56 Å². The van der Waals surface area contributed by atoms with Crippen LogP contribution in [-0.2, 0) is 0 Å². The molecule has 0 unspecified atom stereocenters. The van der Waals surface area contributed by atoms with E-state index < -0.39 is 0 Å². The van der Waals surface area contributed by atoms with Crippen molar-refractivity contribution in [1.29, 1.82) is 0 Å². The quantitative estimate of drug-likeness (QED) is 0.720. The number of hydrogen-bond acceptors (Lipinski definition) is 5. The summed E-state index contributed by atoms with van der Waals surface area (Å²) in [6, 6.07) is 5.64. The minimum Gasteiger partial charge on any atom is -0.493 e. The van der Waals surface area contributed by atoms with Crippen LogP contribution in [0.5, 0.6) is 11.5 Å². The van der Waals surface area contributed by atoms with Gasteiger partial charge >= 0.3 is 0 Å². The maximum absolute atomic E-state index is 13.3. The van der Waals surface area contributed by atoms with E-state index in [1.54, 1.807) is 37.1 Å². The van der Waals surface area contributed by atoms with Crippen LogP contribution in [0, 0.1) is 6.92 Å². The summed E-state index contributed by atoms with van der Waals surface area (Å²) >= 11 is 0. The normalized spacial score (nSPS) is 14.9. The lowest BCUT2D eigenvalue weighted by Gasteiger charge is -2.17. The number of rotatable bonds is 4. The van der Waals surface area contributed by atoms with Crippen molar-refractivity contribution in [3.05, 3.63) is 40.6 Å². The van der Waals surface area contributed by atoms with Crippen LogP contribution in [0.15, 0.2) is 29.2 Å². The van der Waals surface area contributed by atoms with Gasteiger partial charge in [-0.25, -0.2) is 14.2 Å². The number of hydrogen-bond donors (Lipinski definition) is 0. The Morgan fingerprint density at radius 1 is 1.12 bits per heavy atom. The molecule has 0 bridgehead atoms. The van der Waals surface area contributed by atoms with E-state index in [1.165, 1.54) is 12.8 Å². The van der Waals surface area contributed by atoms with Crippen LogP contribution in [-0.4, -0.2) is 33.6 Å². The first kappa shape index (κ1) is 16.6. The number of aromatic nitrogens is 4. The van der Waals surface area contributed by atoms with E-state index in [1.807, 2.05) is 17.7 Å². The molecule has 0 spiro atoms. The molecule has 7 heteroatoms. The van der Waals surface area contributed by atoms with Gasteiger partial charge in [-0.05, 0) is 25.8 Å². The monoisotopic (exact) mass is 354 g/mol. The fourth-order valence-corrected chi connectivity index (χ4v) is 3.81. The molecule has 1 saturated carbocycles. The molecule has 1 aromatic carbocycles. The highest BCUT2D eigenvalue weighted by Gasteiger charge is 2.22. The fraction of sp³-hybridized carbons (Fsp3) is 0.421. The third-order valence-corrected chi connectivity index (χ3v) is 5.09.